The number of amides is 3. The van der Waals surface area contributed by atoms with Crippen LogP contribution in [0.1, 0.15) is 69.7 Å². The summed E-state index contributed by atoms with van der Waals surface area (Å²) in [5, 5.41) is 0. The Kier molecular flexibility index (Phi) is 5.82. The Bertz CT molecular complexity index is 1100. The van der Waals surface area contributed by atoms with E-state index in [2.05, 4.69) is 0 Å². The molecule has 0 radical (unpaired) electrons. The lowest BCUT2D eigenvalue weighted by Crippen LogP contribution is -2.49. The molecule has 1 fully saturated rings. The third kappa shape index (κ3) is 3.79. The third-order valence-electron chi connectivity index (χ3n) is 6.29. The average molecular weight is 434 g/mol. The van der Waals surface area contributed by atoms with Crippen molar-refractivity contribution in [2.24, 2.45) is 0 Å². The summed E-state index contributed by atoms with van der Waals surface area (Å²) >= 11 is 0. The van der Waals surface area contributed by atoms with Gasteiger partial charge in [0.1, 0.15) is 0 Å². The number of nitrogens with zero attached hydrogens (tertiary/aromatic N) is 2. The highest BCUT2D eigenvalue weighted by atomic mass is 16.5. The van der Waals surface area contributed by atoms with E-state index in [1.807, 2.05) is 32.9 Å². The van der Waals surface area contributed by atoms with Gasteiger partial charge >= 0.3 is 5.97 Å². The van der Waals surface area contributed by atoms with Crippen molar-refractivity contribution in [3.8, 4) is 0 Å². The number of fused-ring (bicyclic) bond motifs is 1. The van der Waals surface area contributed by atoms with E-state index in [9.17, 15) is 19.2 Å². The molecule has 0 N–H and O–H groups in total. The summed E-state index contributed by atoms with van der Waals surface area (Å²) < 4.78 is 5.25. The molecule has 0 spiro atoms. The zero-order chi connectivity index (χ0) is 23.0. The molecule has 2 atom stereocenters. The Morgan fingerprint density at radius 3 is 2.31 bits per heavy atom. The van der Waals surface area contributed by atoms with Gasteiger partial charge in [0.05, 0.1) is 22.4 Å². The van der Waals surface area contributed by atoms with Gasteiger partial charge in [-0.1, -0.05) is 18.2 Å². The molecule has 7 heteroatoms. The molecule has 2 aliphatic heterocycles. The lowest BCUT2D eigenvalue weighted by Gasteiger charge is -2.38. The molecule has 166 valence electrons. The molecule has 2 aromatic rings. The van der Waals surface area contributed by atoms with Crippen LogP contribution in [-0.4, -0.2) is 47.3 Å². The van der Waals surface area contributed by atoms with Gasteiger partial charge in [0.2, 0.25) is 0 Å². The standard InChI is InChI=1S/C25H26N2O5/c1-15-7-4-5-10-21(15)27-23(29)19-12-11-18(13-20(19)24(27)30)25(31)32-14-22(28)26-16(2)8-6-9-17(26)3/h4-5,7,10-13,16-17H,6,8-9,14H2,1-3H3. The number of hydrogen-bond acceptors (Lipinski definition) is 5. The predicted octanol–water partition coefficient (Wildman–Crippen LogP) is 3.74. The van der Waals surface area contributed by atoms with Crippen LogP contribution >= 0.6 is 0 Å². The highest BCUT2D eigenvalue weighted by Crippen LogP contribution is 2.31. The quantitative estimate of drug-likeness (QED) is 0.541. The molecule has 32 heavy (non-hydrogen) atoms. The van der Waals surface area contributed by atoms with Gasteiger partial charge in [0.25, 0.3) is 17.7 Å². The number of aryl methyl sites for hydroxylation is 1. The first-order valence-electron chi connectivity index (χ1n) is 10.9. The number of carbonyl (C=O) groups is 4. The lowest BCUT2D eigenvalue weighted by molar-refractivity contribution is -0.140. The number of likely N-dealkylation sites (tertiary alicyclic amines) is 1. The van der Waals surface area contributed by atoms with Crippen molar-refractivity contribution >= 4 is 29.4 Å². The molecule has 1 saturated heterocycles. The molecule has 2 aromatic carbocycles. The summed E-state index contributed by atoms with van der Waals surface area (Å²) in [5.41, 5.74) is 1.82. The van der Waals surface area contributed by atoms with Crippen LogP contribution in [0.4, 0.5) is 5.69 Å². The van der Waals surface area contributed by atoms with Crippen molar-refractivity contribution in [1.29, 1.82) is 0 Å². The van der Waals surface area contributed by atoms with Crippen LogP contribution in [0.3, 0.4) is 0 Å². The zero-order valence-electron chi connectivity index (χ0n) is 18.5. The molecule has 2 heterocycles. The smallest absolute Gasteiger partial charge is 0.338 e. The minimum absolute atomic E-state index is 0.112. The Morgan fingerprint density at radius 2 is 1.62 bits per heavy atom. The minimum atomic E-state index is -0.701. The second-order valence-electron chi connectivity index (χ2n) is 8.50. The molecule has 0 bridgehead atoms. The molecular formula is C25H26N2O5. The maximum atomic E-state index is 13.0. The van der Waals surface area contributed by atoms with Gasteiger partial charge in [0, 0.05) is 12.1 Å². The van der Waals surface area contributed by atoms with Gasteiger partial charge in [-0.3, -0.25) is 14.4 Å². The van der Waals surface area contributed by atoms with Crippen LogP contribution in [0.5, 0.6) is 0 Å². The largest absolute Gasteiger partial charge is 0.452 e. The fraction of sp³-hybridized carbons (Fsp3) is 0.360. The predicted molar refractivity (Wildman–Crippen MR) is 119 cm³/mol. The Morgan fingerprint density at radius 1 is 0.969 bits per heavy atom. The molecule has 3 amide bonds. The highest BCUT2D eigenvalue weighted by molar-refractivity contribution is 6.34. The maximum Gasteiger partial charge on any atom is 0.338 e. The second-order valence-corrected chi connectivity index (χ2v) is 8.50. The fourth-order valence-electron chi connectivity index (χ4n) is 4.60. The van der Waals surface area contributed by atoms with Crippen molar-refractivity contribution in [2.45, 2.75) is 52.1 Å². The lowest BCUT2D eigenvalue weighted by atomic mass is 9.97. The van der Waals surface area contributed by atoms with Gasteiger partial charge in [-0.15, -0.1) is 0 Å². The number of esters is 1. The van der Waals surface area contributed by atoms with Crippen molar-refractivity contribution in [3.63, 3.8) is 0 Å². The molecule has 7 nitrogen and oxygen atoms in total. The molecule has 2 aliphatic rings. The monoisotopic (exact) mass is 434 g/mol. The Balaban J connectivity index is 1.49. The van der Waals surface area contributed by atoms with Crippen molar-refractivity contribution in [2.75, 3.05) is 11.5 Å². The van der Waals surface area contributed by atoms with Gasteiger partial charge in [-0.25, -0.2) is 9.69 Å². The number of ether oxygens (including phenoxy) is 1. The maximum absolute atomic E-state index is 13.0. The third-order valence-corrected chi connectivity index (χ3v) is 6.29. The van der Waals surface area contributed by atoms with Crippen molar-refractivity contribution in [1.82, 2.24) is 4.90 Å². The molecule has 4 rings (SSSR count). The Labute approximate surface area is 187 Å². The number of rotatable bonds is 4. The zero-order valence-corrected chi connectivity index (χ0v) is 18.5. The van der Waals surface area contributed by atoms with Crippen LogP contribution in [0.15, 0.2) is 42.5 Å². The van der Waals surface area contributed by atoms with E-state index in [1.165, 1.54) is 18.2 Å². The van der Waals surface area contributed by atoms with Crippen molar-refractivity contribution < 1.29 is 23.9 Å². The summed E-state index contributed by atoms with van der Waals surface area (Å²) in [6.07, 6.45) is 2.94. The molecule has 0 aliphatic carbocycles. The van der Waals surface area contributed by atoms with Gasteiger partial charge in [-0.2, -0.15) is 0 Å². The van der Waals surface area contributed by atoms with Crippen LogP contribution in [0, 0.1) is 6.92 Å². The number of para-hydroxylation sites is 1. The van der Waals surface area contributed by atoms with Gasteiger partial charge in [-0.05, 0) is 69.9 Å². The number of imide groups is 1. The minimum Gasteiger partial charge on any atom is -0.452 e. The van der Waals surface area contributed by atoms with Crippen LogP contribution in [0.2, 0.25) is 0 Å². The topological polar surface area (TPSA) is 84.0 Å². The molecule has 0 saturated carbocycles. The number of hydrogen-bond donors (Lipinski definition) is 0. The first-order chi connectivity index (χ1) is 15.3. The van der Waals surface area contributed by atoms with Crippen LogP contribution in [-0.2, 0) is 9.53 Å². The molecule has 2 unspecified atom stereocenters. The number of piperidine rings is 1. The average Bonchev–Trinajstić information content (AvgIpc) is 3.02. The summed E-state index contributed by atoms with van der Waals surface area (Å²) in [5.74, 6) is -1.84. The number of carbonyl (C=O) groups excluding carboxylic acids is 4. The normalized spacial score (nSPS) is 20.3. The SMILES string of the molecule is Cc1ccccc1N1C(=O)c2ccc(C(=O)OCC(=O)N3C(C)CCCC3C)cc2C1=O. The van der Waals surface area contributed by atoms with Gasteiger partial charge < -0.3 is 9.64 Å². The van der Waals surface area contributed by atoms with Crippen molar-refractivity contribution in [3.05, 3.63) is 64.7 Å². The Hall–Kier alpha value is -3.48. The summed E-state index contributed by atoms with van der Waals surface area (Å²) in [6.45, 7) is 5.47. The summed E-state index contributed by atoms with van der Waals surface area (Å²) in [6, 6.07) is 11.6. The number of benzene rings is 2. The van der Waals surface area contributed by atoms with Gasteiger partial charge in [0.15, 0.2) is 6.61 Å². The van der Waals surface area contributed by atoms with E-state index in [0.717, 1.165) is 29.7 Å². The van der Waals surface area contributed by atoms with E-state index in [0.29, 0.717) is 5.69 Å². The summed E-state index contributed by atoms with van der Waals surface area (Å²) in [4.78, 5) is 53.9. The van der Waals surface area contributed by atoms with Crippen LogP contribution < -0.4 is 4.90 Å². The molecule has 0 aromatic heterocycles. The van der Waals surface area contributed by atoms with E-state index in [4.69, 9.17) is 4.74 Å². The van der Waals surface area contributed by atoms with Crippen LogP contribution in [0.25, 0.3) is 0 Å². The fourth-order valence-corrected chi connectivity index (χ4v) is 4.60. The summed E-state index contributed by atoms with van der Waals surface area (Å²) in [7, 11) is 0. The first kappa shape index (κ1) is 21.7. The first-order valence-corrected chi connectivity index (χ1v) is 10.9. The highest BCUT2D eigenvalue weighted by Gasteiger charge is 2.38. The van der Waals surface area contributed by atoms with E-state index >= 15 is 0 Å². The van der Waals surface area contributed by atoms with E-state index in [1.54, 1.807) is 17.0 Å². The van der Waals surface area contributed by atoms with E-state index in [-0.39, 0.29) is 41.3 Å². The number of anilines is 1. The van der Waals surface area contributed by atoms with E-state index < -0.39 is 17.8 Å². The molecular weight excluding hydrogens is 408 g/mol. The second kappa shape index (κ2) is 8.57.